The number of esters is 1. The largest absolute Gasteiger partial charge is 0.490 e. The first-order valence-electron chi connectivity index (χ1n) is 13.8. The molecule has 0 aliphatic carbocycles. The number of hydrogen-bond acceptors (Lipinski definition) is 7. The molecule has 1 atom stereocenters. The van der Waals surface area contributed by atoms with Gasteiger partial charge in [-0.1, -0.05) is 37.6 Å². The van der Waals surface area contributed by atoms with E-state index in [4.69, 9.17) is 20.6 Å². The van der Waals surface area contributed by atoms with Crippen molar-refractivity contribution in [2.24, 2.45) is 5.73 Å². The van der Waals surface area contributed by atoms with Gasteiger partial charge in [0, 0.05) is 5.56 Å². The lowest BCUT2D eigenvalue weighted by Crippen LogP contribution is -2.43. The van der Waals surface area contributed by atoms with Crippen LogP contribution in [-0.2, 0) is 26.1 Å². The topological polar surface area (TPSA) is 135 Å². The molecule has 1 saturated heterocycles. The fourth-order valence-electron chi connectivity index (χ4n) is 4.89. The molecule has 0 spiro atoms. The Morgan fingerprint density at radius 3 is 2.31 bits per heavy atom. The van der Waals surface area contributed by atoms with Crippen molar-refractivity contribution in [3.05, 3.63) is 71.8 Å². The highest BCUT2D eigenvalue weighted by Crippen LogP contribution is 2.30. The van der Waals surface area contributed by atoms with E-state index in [0.717, 1.165) is 42.3 Å². The minimum atomic E-state index is -4.16. The van der Waals surface area contributed by atoms with Gasteiger partial charge < -0.3 is 20.5 Å². The number of nitrogens with two attached hydrogens (primary N) is 1. The summed E-state index contributed by atoms with van der Waals surface area (Å²) in [6.07, 6.45) is 2.58. The van der Waals surface area contributed by atoms with Crippen LogP contribution < -0.4 is 20.1 Å². The molecular weight excluding hydrogens is 599 g/mol. The lowest BCUT2D eigenvalue weighted by Gasteiger charge is -2.29. The number of nitrogen functional groups attached to an aromatic ring is 1. The first kappa shape index (κ1) is 35.1. The zero-order chi connectivity index (χ0) is 28.7. The third-order valence-corrected chi connectivity index (χ3v) is 9.12. The molecule has 1 unspecified atom stereocenters. The molecule has 1 heterocycles. The first-order chi connectivity index (χ1) is 19.2. The van der Waals surface area contributed by atoms with Crippen molar-refractivity contribution in [3.8, 4) is 5.75 Å². The lowest BCUT2D eigenvalue weighted by molar-refractivity contribution is -0.142. The van der Waals surface area contributed by atoms with Crippen LogP contribution in [0.2, 0.25) is 0 Å². The van der Waals surface area contributed by atoms with Crippen LogP contribution in [0.15, 0.2) is 60.7 Å². The van der Waals surface area contributed by atoms with E-state index in [1.165, 1.54) is 4.31 Å². The molecule has 0 aromatic heterocycles. The fourth-order valence-corrected chi connectivity index (χ4v) is 6.79. The molecule has 0 bridgehead atoms. The van der Waals surface area contributed by atoms with Crippen molar-refractivity contribution in [2.45, 2.75) is 57.4 Å². The van der Waals surface area contributed by atoms with Gasteiger partial charge in [0.2, 0.25) is 10.0 Å². The number of rotatable bonds is 12. The van der Waals surface area contributed by atoms with Crippen molar-refractivity contribution in [3.63, 3.8) is 0 Å². The van der Waals surface area contributed by atoms with Crippen LogP contribution in [0.4, 0.5) is 5.69 Å². The minimum Gasteiger partial charge on any atom is -0.490 e. The number of benzene rings is 3. The standard InChI is InChI=1S/C30H38N4O5S.2ClH/c1-3-5-28(30(35)38-4-2)40(36,37)34(25-10-12-26(13-11-25)39-27-14-16-33-17-15-27)20-21-6-7-22-8-9-23(29(31)32)19-24(22)18-21;;/h6-13,18-19,27-28,33H,3-5,14-17,20H2,1-2H3,(H3,31,32);2*1H. The molecule has 1 aliphatic rings. The second-order valence-electron chi connectivity index (χ2n) is 9.95. The van der Waals surface area contributed by atoms with E-state index >= 15 is 0 Å². The molecule has 0 radical (unpaired) electrons. The summed E-state index contributed by atoms with van der Waals surface area (Å²) in [7, 11) is -4.16. The number of anilines is 1. The summed E-state index contributed by atoms with van der Waals surface area (Å²) in [4.78, 5) is 12.8. The van der Waals surface area contributed by atoms with Gasteiger partial charge in [-0.2, -0.15) is 0 Å². The molecule has 0 amide bonds. The molecule has 12 heteroatoms. The van der Waals surface area contributed by atoms with Crippen molar-refractivity contribution in [2.75, 3.05) is 24.0 Å². The van der Waals surface area contributed by atoms with E-state index in [2.05, 4.69) is 5.32 Å². The summed E-state index contributed by atoms with van der Waals surface area (Å²) in [5.74, 6) is -0.115. The number of nitrogens with zero attached hydrogens (tertiary/aromatic N) is 1. The maximum atomic E-state index is 14.1. The fraction of sp³-hybridized carbons (Fsp3) is 0.400. The monoisotopic (exact) mass is 638 g/mol. The normalized spacial score (nSPS) is 14.2. The Kier molecular flexibility index (Phi) is 13.4. The first-order valence-corrected chi connectivity index (χ1v) is 15.3. The molecular formula is C30H40Cl2N4O5S. The third-order valence-electron chi connectivity index (χ3n) is 7.02. The molecule has 4 rings (SSSR count). The van der Waals surface area contributed by atoms with Crippen LogP contribution in [0, 0.1) is 5.41 Å². The highest BCUT2D eigenvalue weighted by atomic mass is 35.5. The van der Waals surface area contributed by atoms with E-state index in [1.54, 1.807) is 37.3 Å². The van der Waals surface area contributed by atoms with Crippen molar-refractivity contribution in [1.29, 1.82) is 5.41 Å². The van der Waals surface area contributed by atoms with E-state index in [1.807, 2.05) is 37.3 Å². The number of halogens is 2. The predicted molar refractivity (Wildman–Crippen MR) is 173 cm³/mol. The second kappa shape index (κ2) is 16.0. The van der Waals surface area contributed by atoms with Gasteiger partial charge in [0.1, 0.15) is 17.7 Å². The van der Waals surface area contributed by atoms with Gasteiger partial charge in [0.05, 0.1) is 18.8 Å². The summed E-state index contributed by atoms with van der Waals surface area (Å²) in [6.45, 7) is 5.42. The number of carbonyl (C=O) groups excluding carboxylic acids is 1. The Bertz CT molecular complexity index is 1450. The van der Waals surface area contributed by atoms with Crippen LogP contribution in [0.25, 0.3) is 10.8 Å². The number of carbonyl (C=O) groups is 1. The zero-order valence-corrected chi connectivity index (χ0v) is 26.3. The number of hydrogen-bond donors (Lipinski definition) is 3. The van der Waals surface area contributed by atoms with Crippen LogP contribution in [-0.4, -0.2) is 51.3 Å². The maximum Gasteiger partial charge on any atom is 0.326 e. The minimum absolute atomic E-state index is 0. The van der Waals surface area contributed by atoms with Crippen LogP contribution in [0.1, 0.15) is 50.7 Å². The molecule has 0 saturated carbocycles. The van der Waals surface area contributed by atoms with Gasteiger partial charge in [-0.3, -0.25) is 14.5 Å². The second-order valence-corrected chi connectivity index (χ2v) is 12.0. The van der Waals surface area contributed by atoms with Gasteiger partial charge in [0.15, 0.2) is 5.25 Å². The number of fused-ring (bicyclic) bond motifs is 1. The predicted octanol–water partition coefficient (Wildman–Crippen LogP) is 5.17. The Labute approximate surface area is 260 Å². The zero-order valence-electron chi connectivity index (χ0n) is 23.9. The number of sulfonamides is 1. The van der Waals surface area contributed by atoms with Crippen molar-refractivity contribution in [1.82, 2.24) is 5.32 Å². The van der Waals surface area contributed by atoms with Crippen LogP contribution >= 0.6 is 24.8 Å². The van der Waals surface area contributed by atoms with Crippen molar-refractivity contribution < 1.29 is 22.7 Å². The number of ether oxygens (including phenoxy) is 2. The molecule has 230 valence electrons. The molecule has 4 N–H and O–H groups in total. The summed E-state index contributed by atoms with van der Waals surface area (Å²) < 4.78 is 40.8. The summed E-state index contributed by atoms with van der Waals surface area (Å²) in [6, 6.07) is 18.1. The number of piperidine rings is 1. The highest BCUT2D eigenvalue weighted by molar-refractivity contribution is 7.94. The van der Waals surface area contributed by atoms with Gasteiger partial charge in [0.25, 0.3) is 0 Å². The van der Waals surface area contributed by atoms with Gasteiger partial charge in [-0.25, -0.2) is 8.42 Å². The van der Waals surface area contributed by atoms with E-state index in [-0.39, 0.29) is 56.3 Å². The summed E-state index contributed by atoms with van der Waals surface area (Å²) >= 11 is 0. The smallest absolute Gasteiger partial charge is 0.326 e. The number of nitrogens with one attached hydrogen (secondary N) is 2. The molecule has 3 aromatic rings. The van der Waals surface area contributed by atoms with E-state index in [0.29, 0.717) is 23.4 Å². The summed E-state index contributed by atoms with van der Waals surface area (Å²) in [5, 5.41) is 11.5. The molecule has 3 aromatic carbocycles. The van der Waals surface area contributed by atoms with E-state index in [9.17, 15) is 13.2 Å². The van der Waals surface area contributed by atoms with Crippen molar-refractivity contribution >= 4 is 63.1 Å². The van der Waals surface area contributed by atoms with E-state index < -0.39 is 21.2 Å². The average molecular weight is 640 g/mol. The SMILES string of the molecule is CCCC(C(=O)OCC)S(=O)(=O)N(Cc1ccc2ccc(C(=N)N)cc2c1)c1ccc(OC2CCNCC2)cc1.Cl.Cl. The van der Waals surface area contributed by atoms with Crippen LogP contribution in [0.3, 0.4) is 0 Å². The Morgan fingerprint density at radius 2 is 1.69 bits per heavy atom. The molecule has 42 heavy (non-hydrogen) atoms. The van der Waals surface area contributed by atoms with Gasteiger partial charge in [-0.15, -0.1) is 24.8 Å². The Morgan fingerprint density at radius 1 is 1.02 bits per heavy atom. The van der Waals surface area contributed by atoms with Gasteiger partial charge >= 0.3 is 5.97 Å². The maximum absolute atomic E-state index is 14.1. The quantitative estimate of drug-likeness (QED) is 0.142. The lowest BCUT2D eigenvalue weighted by atomic mass is 10.0. The Hall–Kier alpha value is -3.05. The number of amidine groups is 1. The molecule has 9 nitrogen and oxygen atoms in total. The highest BCUT2D eigenvalue weighted by Gasteiger charge is 2.38. The third kappa shape index (κ3) is 8.50. The summed E-state index contributed by atoms with van der Waals surface area (Å²) in [5.41, 5.74) is 7.43. The van der Waals surface area contributed by atoms with Gasteiger partial charge in [-0.05, 0) is 92.0 Å². The van der Waals surface area contributed by atoms with Crippen LogP contribution in [0.5, 0.6) is 5.75 Å². The Balaban J connectivity index is 0.00000308. The average Bonchev–Trinajstić information content (AvgIpc) is 2.95. The molecule has 1 fully saturated rings. The molecule has 1 aliphatic heterocycles.